The summed E-state index contributed by atoms with van der Waals surface area (Å²) in [4.78, 5) is 47.3. The van der Waals surface area contributed by atoms with Crippen molar-refractivity contribution in [1.29, 1.82) is 0 Å². The van der Waals surface area contributed by atoms with Crippen LogP contribution in [-0.4, -0.2) is 48.8 Å². The van der Waals surface area contributed by atoms with E-state index in [1.807, 2.05) is 6.92 Å². The fraction of sp³-hybridized carbons (Fsp3) is 0.833. The highest BCUT2D eigenvalue weighted by atomic mass is 16.5. The molecule has 8 nitrogen and oxygen atoms in total. The summed E-state index contributed by atoms with van der Waals surface area (Å²) in [5, 5.41) is 9.01. The Labute approximate surface area is 190 Å². The number of esters is 3. The molecule has 0 bridgehead atoms. The first-order valence-electron chi connectivity index (χ1n) is 12.1. The standard InChI is InChI=1S/C24H38O8/c1-2-3-14-30-22(27)19-10-12-20(13-11-19)24(29)32-16-5-4-15-31-23(28)18-8-6-17(7-9-18)21(25)26/h17-20H,2-16H2,1H3,(H,25,26). The molecule has 0 radical (unpaired) electrons. The van der Waals surface area contributed by atoms with Crippen LogP contribution in [0.2, 0.25) is 0 Å². The molecule has 0 amide bonds. The molecule has 2 aliphatic carbocycles. The number of unbranched alkanes of at least 4 members (excludes halogenated alkanes) is 2. The third-order valence-electron chi connectivity index (χ3n) is 6.57. The van der Waals surface area contributed by atoms with Crippen LogP contribution in [0.3, 0.4) is 0 Å². The topological polar surface area (TPSA) is 116 Å². The zero-order valence-corrected chi connectivity index (χ0v) is 19.2. The summed E-state index contributed by atoms with van der Waals surface area (Å²) in [6.45, 7) is 3.09. The molecule has 8 heteroatoms. The van der Waals surface area contributed by atoms with Gasteiger partial charge in [-0.2, -0.15) is 0 Å². The Morgan fingerprint density at radius 3 is 1.22 bits per heavy atom. The van der Waals surface area contributed by atoms with Gasteiger partial charge in [0, 0.05) is 0 Å². The lowest BCUT2D eigenvalue weighted by atomic mass is 9.82. The van der Waals surface area contributed by atoms with Crippen LogP contribution in [0.1, 0.15) is 84.0 Å². The van der Waals surface area contributed by atoms with Gasteiger partial charge >= 0.3 is 23.9 Å². The van der Waals surface area contributed by atoms with Crippen molar-refractivity contribution in [2.24, 2.45) is 23.7 Å². The van der Waals surface area contributed by atoms with Crippen LogP contribution in [0.15, 0.2) is 0 Å². The lowest BCUT2D eigenvalue weighted by Gasteiger charge is -2.26. The molecule has 0 heterocycles. The van der Waals surface area contributed by atoms with Crippen molar-refractivity contribution in [3.05, 3.63) is 0 Å². The number of hydrogen-bond acceptors (Lipinski definition) is 7. The number of carboxylic acids is 1. The first kappa shape index (κ1) is 26.1. The predicted octanol–water partition coefficient (Wildman–Crippen LogP) is 3.89. The van der Waals surface area contributed by atoms with Gasteiger partial charge in [-0.25, -0.2) is 0 Å². The van der Waals surface area contributed by atoms with E-state index in [0.717, 1.165) is 12.8 Å². The Kier molecular flexibility index (Phi) is 11.5. The van der Waals surface area contributed by atoms with Crippen LogP contribution < -0.4 is 0 Å². The molecule has 0 unspecified atom stereocenters. The number of carbonyl (C=O) groups excluding carboxylic acids is 3. The molecule has 0 spiro atoms. The van der Waals surface area contributed by atoms with Gasteiger partial charge < -0.3 is 19.3 Å². The summed E-state index contributed by atoms with van der Waals surface area (Å²) in [7, 11) is 0. The summed E-state index contributed by atoms with van der Waals surface area (Å²) in [5.74, 6) is -2.21. The third kappa shape index (κ3) is 8.79. The molecular formula is C24H38O8. The second-order valence-corrected chi connectivity index (χ2v) is 9.00. The number of carboxylic acid groups (broad SMARTS) is 1. The quantitative estimate of drug-likeness (QED) is 0.268. The van der Waals surface area contributed by atoms with E-state index in [1.54, 1.807) is 0 Å². The molecule has 2 aliphatic rings. The van der Waals surface area contributed by atoms with Gasteiger partial charge in [0.25, 0.3) is 0 Å². The molecule has 0 aromatic rings. The van der Waals surface area contributed by atoms with Crippen LogP contribution in [0.5, 0.6) is 0 Å². The second kappa shape index (κ2) is 14.1. The summed E-state index contributed by atoms with van der Waals surface area (Å²) in [6, 6.07) is 0. The van der Waals surface area contributed by atoms with E-state index in [-0.39, 0.29) is 48.2 Å². The second-order valence-electron chi connectivity index (χ2n) is 9.00. The monoisotopic (exact) mass is 454 g/mol. The number of carbonyl (C=O) groups is 4. The van der Waals surface area contributed by atoms with Crippen LogP contribution in [0.25, 0.3) is 0 Å². The number of rotatable bonds is 12. The van der Waals surface area contributed by atoms with Crippen molar-refractivity contribution in [2.75, 3.05) is 19.8 Å². The minimum Gasteiger partial charge on any atom is -0.481 e. The van der Waals surface area contributed by atoms with Gasteiger partial charge in [-0.15, -0.1) is 0 Å². The zero-order valence-electron chi connectivity index (χ0n) is 19.2. The summed E-state index contributed by atoms with van der Waals surface area (Å²) < 4.78 is 15.9. The van der Waals surface area contributed by atoms with E-state index in [1.165, 1.54) is 0 Å². The van der Waals surface area contributed by atoms with E-state index in [2.05, 4.69) is 0 Å². The Bertz CT molecular complexity index is 615. The Hall–Kier alpha value is -2.12. The maximum atomic E-state index is 12.2. The first-order chi connectivity index (χ1) is 15.4. The molecular weight excluding hydrogens is 416 g/mol. The Balaban J connectivity index is 1.50. The average molecular weight is 455 g/mol. The molecule has 2 saturated carbocycles. The molecule has 0 aromatic carbocycles. The van der Waals surface area contributed by atoms with Crippen molar-refractivity contribution in [2.45, 2.75) is 84.0 Å². The van der Waals surface area contributed by atoms with E-state index < -0.39 is 5.97 Å². The van der Waals surface area contributed by atoms with Gasteiger partial charge in [-0.05, 0) is 70.6 Å². The van der Waals surface area contributed by atoms with Crippen molar-refractivity contribution in [3.8, 4) is 0 Å². The van der Waals surface area contributed by atoms with E-state index >= 15 is 0 Å². The minimum absolute atomic E-state index is 0.107. The van der Waals surface area contributed by atoms with Crippen molar-refractivity contribution < 1.29 is 38.5 Å². The lowest BCUT2D eigenvalue weighted by molar-refractivity contribution is -0.155. The first-order valence-corrected chi connectivity index (χ1v) is 12.1. The number of hydrogen-bond donors (Lipinski definition) is 1. The number of ether oxygens (including phenoxy) is 3. The van der Waals surface area contributed by atoms with Crippen LogP contribution >= 0.6 is 0 Å². The van der Waals surface area contributed by atoms with Gasteiger partial charge in [-0.1, -0.05) is 13.3 Å². The SMILES string of the molecule is CCCCOC(=O)C1CCC(C(=O)OCCCCOC(=O)C2CCC(C(=O)O)CC2)CC1. The molecule has 0 aromatic heterocycles. The maximum Gasteiger partial charge on any atom is 0.308 e. The molecule has 182 valence electrons. The molecule has 0 atom stereocenters. The molecule has 2 fully saturated rings. The molecule has 1 N–H and O–H groups in total. The summed E-state index contributed by atoms with van der Waals surface area (Å²) in [6.07, 6.45) is 7.87. The molecule has 32 heavy (non-hydrogen) atoms. The van der Waals surface area contributed by atoms with Crippen molar-refractivity contribution >= 4 is 23.9 Å². The highest BCUT2D eigenvalue weighted by Gasteiger charge is 2.32. The highest BCUT2D eigenvalue weighted by Crippen LogP contribution is 2.31. The highest BCUT2D eigenvalue weighted by molar-refractivity contribution is 5.75. The van der Waals surface area contributed by atoms with Crippen LogP contribution in [0, 0.1) is 23.7 Å². The summed E-state index contributed by atoms with van der Waals surface area (Å²) in [5.41, 5.74) is 0. The smallest absolute Gasteiger partial charge is 0.308 e. The normalized spacial score (nSPS) is 25.5. The molecule has 2 rings (SSSR count). The Morgan fingerprint density at radius 1 is 0.594 bits per heavy atom. The molecule has 0 aliphatic heterocycles. The fourth-order valence-electron chi connectivity index (χ4n) is 4.36. The van der Waals surface area contributed by atoms with E-state index in [9.17, 15) is 19.2 Å². The average Bonchev–Trinajstić information content (AvgIpc) is 2.81. The zero-order chi connectivity index (χ0) is 23.3. The predicted molar refractivity (Wildman–Crippen MR) is 116 cm³/mol. The largest absolute Gasteiger partial charge is 0.481 e. The molecule has 0 saturated heterocycles. The minimum atomic E-state index is -0.788. The van der Waals surface area contributed by atoms with Crippen molar-refractivity contribution in [3.63, 3.8) is 0 Å². The Morgan fingerprint density at radius 2 is 0.906 bits per heavy atom. The van der Waals surface area contributed by atoms with E-state index in [0.29, 0.717) is 77.4 Å². The fourth-order valence-corrected chi connectivity index (χ4v) is 4.36. The lowest BCUT2D eigenvalue weighted by Crippen LogP contribution is -2.28. The van der Waals surface area contributed by atoms with Gasteiger partial charge in [0.15, 0.2) is 0 Å². The van der Waals surface area contributed by atoms with Gasteiger partial charge in [-0.3, -0.25) is 19.2 Å². The van der Waals surface area contributed by atoms with Gasteiger partial charge in [0.1, 0.15) is 0 Å². The van der Waals surface area contributed by atoms with E-state index in [4.69, 9.17) is 19.3 Å². The summed E-state index contributed by atoms with van der Waals surface area (Å²) >= 11 is 0. The van der Waals surface area contributed by atoms with Crippen LogP contribution in [0.4, 0.5) is 0 Å². The van der Waals surface area contributed by atoms with Crippen LogP contribution in [-0.2, 0) is 33.4 Å². The van der Waals surface area contributed by atoms with Gasteiger partial charge in [0.2, 0.25) is 0 Å². The number of aliphatic carboxylic acids is 1. The van der Waals surface area contributed by atoms with Gasteiger partial charge in [0.05, 0.1) is 43.5 Å². The van der Waals surface area contributed by atoms with Crippen molar-refractivity contribution in [1.82, 2.24) is 0 Å². The maximum absolute atomic E-state index is 12.2. The third-order valence-corrected chi connectivity index (χ3v) is 6.57.